The van der Waals surface area contributed by atoms with Crippen molar-refractivity contribution in [3.05, 3.63) is 47.9 Å². The Balaban J connectivity index is 1.64. The van der Waals surface area contributed by atoms with E-state index in [4.69, 9.17) is 0 Å². The minimum absolute atomic E-state index is 0.0135. The van der Waals surface area contributed by atoms with Gasteiger partial charge in [0.05, 0.1) is 6.04 Å². The second-order valence-electron chi connectivity index (χ2n) is 6.40. The third kappa shape index (κ3) is 3.64. The molecule has 0 radical (unpaired) electrons. The van der Waals surface area contributed by atoms with Gasteiger partial charge in [0.15, 0.2) is 5.82 Å². The molecule has 1 aliphatic rings. The second-order valence-corrected chi connectivity index (χ2v) is 6.40. The smallest absolute Gasteiger partial charge is 0.245 e. The highest BCUT2D eigenvalue weighted by molar-refractivity contribution is 5.97. The summed E-state index contributed by atoms with van der Waals surface area (Å²) in [4.78, 5) is 14.5. The van der Waals surface area contributed by atoms with Gasteiger partial charge in [0.2, 0.25) is 5.91 Å². The average Bonchev–Trinajstić information content (AvgIpc) is 2.98. The number of rotatable bonds is 5. The summed E-state index contributed by atoms with van der Waals surface area (Å²) in [6.45, 7) is 2.68. The van der Waals surface area contributed by atoms with Crippen LogP contribution in [-0.2, 0) is 18.3 Å². The van der Waals surface area contributed by atoms with Crippen LogP contribution in [0.4, 0.5) is 10.2 Å². The van der Waals surface area contributed by atoms with Crippen molar-refractivity contribution in [2.45, 2.75) is 38.3 Å². The van der Waals surface area contributed by atoms with Gasteiger partial charge in [-0.3, -0.25) is 14.4 Å². The quantitative estimate of drug-likeness (QED) is 0.915. The summed E-state index contributed by atoms with van der Waals surface area (Å²) in [5.74, 6) is 0.535. The van der Waals surface area contributed by atoms with E-state index in [1.807, 2.05) is 32.3 Å². The molecule has 5 nitrogen and oxygen atoms in total. The minimum atomic E-state index is -0.248. The predicted octanol–water partition coefficient (Wildman–Crippen LogP) is 2.28. The van der Waals surface area contributed by atoms with Crippen molar-refractivity contribution >= 4 is 11.7 Å². The van der Waals surface area contributed by atoms with Gasteiger partial charge in [0.25, 0.3) is 0 Å². The average molecular weight is 330 g/mol. The van der Waals surface area contributed by atoms with Gasteiger partial charge < -0.3 is 5.32 Å². The van der Waals surface area contributed by atoms with Crippen LogP contribution >= 0.6 is 0 Å². The molecule has 1 saturated heterocycles. The Bertz CT molecular complexity index is 715. The summed E-state index contributed by atoms with van der Waals surface area (Å²) in [5.41, 5.74) is 0.669. The van der Waals surface area contributed by atoms with Crippen molar-refractivity contribution < 1.29 is 9.18 Å². The molecule has 24 heavy (non-hydrogen) atoms. The third-order valence-corrected chi connectivity index (χ3v) is 4.38. The van der Waals surface area contributed by atoms with E-state index in [9.17, 15) is 9.18 Å². The number of nitrogens with zero attached hydrogens (tertiary/aromatic N) is 3. The SMILES string of the molecule is C[C@@H](Cc1ccccc1F)N[C@@H]1CCCN(c2ccn(C)n2)C1=O. The Hall–Kier alpha value is -2.21. The van der Waals surface area contributed by atoms with Gasteiger partial charge >= 0.3 is 0 Å². The van der Waals surface area contributed by atoms with Crippen LogP contribution in [0.25, 0.3) is 0 Å². The lowest BCUT2D eigenvalue weighted by Gasteiger charge is -2.33. The van der Waals surface area contributed by atoms with Crippen LogP contribution in [-0.4, -0.2) is 34.3 Å². The van der Waals surface area contributed by atoms with Crippen molar-refractivity contribution in [2.24, 2.45) is 7.05 Å². The molecule has 0 saturated carbocycles. The number of benzene rings is 1. The van der Waals surface area contributed by atoms with E-state index < -0.39 is 0 Å². The zero-order valence-corrected chi connectivity index (χ0v) is 14.1. The topological polar surface area (TPSA) is 50.2 Å². The van der Waals surface area contributed by atoms with Crippen LogP contribution in [0.15, 0.2) is 36.5 Å². The molecule has 0 spiro atoms. The number of amides is 1. The molecule has 1 aliphatic heterocycles. The van der Waals surface area contributed by atoms with Gasteiger partial charge in [-0.15, -0.1) is 0 Å². The monoisotopic (exact) mass is 330 g/mol. The number of hydrogen-bond acceptors (Lipinski definition) is 3. The second kappa shape index (κ2) is 7.13. The van der Waals surface area contributed by atoms with Crippen molar-refractivity contribution in [1.29, 1.82) is 0 Å². The molecule has 2 heterocycles. The maximum absolute atomic E-state index is 13.8. The van der Waals surface area contributed by atoms with E-state index in [-0.39, 0.29) is 23.8 Å². The van der Waals surface area contributed by atoms with E-state index in [0.717, 1.165) is 12.8 Å². The number of piperidine rings is 1. The van der Waals surface area contributed by atoms with E-state index in [1.54, 1.807) is 21.7 Å². The number of carbonyl (C=O) groups excluding carboxylic acids is 1. The molecular weight excluding hydrogens is 307 g/mol. The third-order valence-electron chi connectivity index (χ3n) is 4.38. The Kier molecular flexibility index (Phi) is 4.94. The highest BCUT2D eigenvalue weighted by Crippen LogP contribution is 2.20. The molecule has 1 amide bonds. The first-order valence-electron chi connectivity index (χ1n) is 8.35. The Morgan fingerprint density at radius 1 is 1.38 bits per heavy atom. The first kappa shape index (κ1) is 16.6. The Morgan fingerprint density at radius 2 is 2.17 bits per heavy atom. The summed E-state index contributed by atoms with van der Waals surface area (Å²) in [5, 5.41) is 7.68. The van der Waals surface area contributed by atoms with Gasteiger partial charge in [-0.1, -0.05) is 18.2 Å². The zero-order valence-electron chi connectivity index (χ0n) is 14.1. The zero-order chi connectivity index (χ0) is 17.1. The van der Waals surface area contributed by atoms with Crippen LogP contribution < -0.4 is 10.2 Å². The highest BCUT2D eigenvalue weighted by Gasteiger charge is 2.31. The fraction of sp³-hybridized carbons (Fsp3) is 0.444. The molecule has 0 aliphatic carbocycles. The van der Waals surface area contributed by atoms with Crippen molar-refractivity contribution in [3.63, 3.8) is 0 Å². The molecule has 1 fully saturated rings. The van der Waals surface area contributed by atoms with Crippen molar-refractivity contribution in [2.75, 3.05) is 11.4 Å². The molecule has 0 bridgehead atoms. The van der Waals surface area contributed by atoms with Gasteiger partial charge in [0, 0.05) is 31.9 Å². The molecule has 6 heteroatoms. The molecule has 128 valence electrons. The molecule has 3 rings (SSSR count). The highest BCUT2D eigenvalue weighted by atomic mass is 19.1. The number of hydrogen-bond donors (Lipinski definition) is 1. The van der Waals surface area contributed by atoms with Crippen molar-refractivity contribution in [3.8, 4) is 0 Å². The summed E-state index contributed by atoms with van der Waals surface area (Å²) < 4.78 is 15.5. The number of aromatic nitrogens is 2. The number of nitrogens with one attached hydrogen (secondary N) is 1. The summed E-state index contributed by atoms with van der Waals surface area (Å²) in [7, 11) is 1.84. The molecule has 2 atom stereocenters. The number of halogens is 1. The van der Waals surface area contributed by atoms with Gasteiger partial charge in [-0.25, -0.2) is 4.39 Å². The van der Waals surface area contributed by atoms with Crippen molar-refractivity contribution in [1.82, 2.24) is 15.1 Å². The maximum atomic E-state index is 13.8. The standard InChI is InChI=1S/C18H23FN4O/c1-13(12-14-6-3-4-7-15(14)19)20-16-8-5-10-23(18(16)24)17-9-11-22(2)21-17/h3-4,6-7,9,11,13,16,20H,5,8,10,12H2,1-2H3/t13-,16+/m0/s1. The van der Waals surface area contributed by atoms with Gasteiger partial charge in [-0.05, 0) is 37.8 Å². The first-order chi connectivity index (χ1) is 11.5. The summed E-state index contributed by atoms with van der Waals surface area (Å²) in [6.07, 6.45) is 4.11. The lowest BCUT2D eigenvalue weighted by molar-refractivity contribution is -0.122. The predicted molar refractivity (Wildman–Crippen MR) is 91.3 cm³/mol. The molecule has 0 unspecified atom stereocenters. The first-order valence-corrected chi connectivity index (χ1v) is 8.35. The van der Waals surface area contributed by atoms with E-state index in [1.165, 1.54) is 6.07 Å². The molecule has 1 aromatic carbocycles. The minimum Gasteiger partial charge on any atom is -0.303 e. The normalized spacial score (nSPS) is 19.5. The van der Waals surface area contributed by atoms with Crippen LogP contribution in [0, 0.1) is 5.82 Å². The van der Waals surface area contributed by atoms with E-state index in [0.29, 0.717) is 24.3 Å². The van der Waals surface area contributed by atoms with Crippen LogP contribution in [0.3, 0.4) is 0 Å². The lowest BCUT2D eigenvalue weighted by Crippen LogP contribution is -2.53. The van der Waals surface area contributed by atoms with E-state index >= 15 is 0 Å². The number of anilines is 1. The molecule has 2 aromatic rings. The Labute approximate surface area is 141 Å². The van der Waals surface area contributed by atoms with E-state index in [2.05, 4.69) is 10.4 Å². The van der Waals surface area contributed by atoms with Crippen LogP contribution in [0.1, 0.15) is 25.3 Å². The van der Waals surface area contributed by atoms with Gasteiger partial charge in [0.1, 0.15) is 5.82 Å². The fourth-order valence-electron chi connectivity index (χ4n) is 3.20. The number of aryl methyl sites for hydroxylation is 1. The molecule has 1 aromatic heterocycles. The van der Waals surface area contributed by atoms with Crippen LogP contribution in [0.5, 0.6) is 0 Å². The largest absolute Gasteiger partial charge is 0.303 e. The molecular formula is C18H23FN4O. The van der Waals surface area contributed by atoms with Crippen LogP contribution in [0.2, 0.25) is 0 Å². The fourth-order valence-corrected chi connectivity index (χ4v) is 3.20. The number of carbonyl (C=O) groups is 1. The Morgan fingerprint density at radius 3 is 2.88 bits per heavy atom. The maximum Gasteiger partial charge on any atom is 0.245 e. The summed E-state index contributed by atoms with van der Waals surface area (Å²) >= 11 is 0. The van der Waals surface area contributed by atoms with Gasteiger partial charge in [-0.2, -0.15) is 5.10 Å². The molecule has 1 N–H and O–H groups in total. The summed E-state index contributed by atoms with van der Waals surface area (Å²) in [6, 6.07) is 8.39. The lowest BCUT2D eigenvalue weighted by atomic mass is 10.0.